The highest BCUT2D eigenvalue weighted by molar-refractivity contribution is 5.86. The monoisotopic (exact) mass is 309 g/mol. The van der Waals surface area contributed by atoms with E-state index in [0.29, 0.717) is 39.1 Å². The number of halogens is 3. The number of aliphatic carboxylic acids is 1. The van der Waals surface area contributed by atoms with Crippen LogP contribution in [0.3, 0.4) is 0 Å². The zero-order valence-electron chi connectivity index (χ0n) is 11.6. The zero-order chi connectivity index (χ0) is 15.8. The van der Waals surface area contributed by atoms with Gasteiger partial charge in [-0.15, -0.1) is 0 Å². The van der Waals surface area contributed by atoms with Crippen molar-refractivity contribution < 1.29 is 27.9 Å². The van der Waals surface area contributed by atoms with E-state index >= 15 is 0 Å². The first kappa shape index (κ1) is 15.9. The van der Waals surface area contributed by atoms with Crippen molar-refractivity contribution in [3.05, 3.63) is 0 Å². The van der Waals surface area contributed by atoms with Gasteiger partial charge in [-0.3, -0.25) is 4.90 Å². The number of hydrogen-bond acceptors (Lipinski definition) is 3. The molecule has 1 aliphatic carbocycles. The number of carboxylic acids is 1. The quantitative estimate of drug-likeness (QED) is 0.812. The predicted octanol–water partition coefficient (Wildman–Crippen LogP) is 0.882. The fraction of sp³-hybridized carbons (Fsp3) is 0.833. The van der Waals surface area contributed by atoms with Gasteiger partial charge in [0.05, 0.1) is 0 Å². The molecule has 0 bridgehead atoms. The third-order valence-corrected chi connectivity index (χ3v) is 4.02. The summed E-state index contributed by atoms with van der Waals surface area (Å²) in [5, 5.41) is 10.4. The number of urea groups is 1. The van der Waals surface area contributed by atoms with Gasteiger partial charge < -0.3 is 15.3 Å². The van der Waals surface area contributed by atoms with Gasteiger partial charge in [-0.2, -0.15) is 13.2 Å². The van der Waals surface area contributed by atoms with Gasteiger partial charge in [0.15, 0.2) is 0 Å². The minimum Gasteiger partial charge on any atom is -0.479 e. The van der Waals surface area contributed by atoms with Gasteiger partial charge in [0.25, 0.3) is 0 Å². The highest BCUT2D eigenvalue weighted by atomic mass is 19.4. The lowest BCUT2D eigenvalue weighted by Crippen LogP contribution is -2.65. The molecule has 0 spiro atoms. The number of carbonyl (C=O) groups excluding carboxylic acids is 1. The predicted molar refractivity (Wildman–Crippen MR) is 66.8 cm³/mol. The van der Waals surface area contributed by atoms with Crippen molar-refractivity contribution in [2.75, 3.05) is 26.2 Å². The largest absolute Gasteiger partial charge is 0.479 e. The third kappa shape index (κ3) is 3.22. The molecular weight excluding hydrogens is 291 g/mol. The summed E-state index contributed by atoms with van der Waals surface area (Å²) in [4.78, 5) is 26.2. The van der Waals surface area contributed by atoms with Crippen LogP contribution in [0, 0.1) is 0 Å². The van der Waals surface area contributed by atoms with E-state index in [-0.39, 0.29) is 0 Å². The smallest absolute Gasteiger partial charge is 0.422 e. The van der Waals surface area contributed by atoms with Crippen molar-refractivity contribution in [3.63, 3.8) is 0 Å². The van der Waals surface area contributed by atoms with Crippen LogP contribution in [-0.4, -0.2) is 70.8 Å². The molecule has 6 nitrogen and oxygen atoms in total. The molecule has 1 heterocycles. The Labute approximate surface area is 119 Å². The number of piperazine rings is 1. The van der Waals surface area contributed by atoms with Crippen molar-refractivity contribution >= 4 is 12.0 Å². The second-order valence-electron chi connectivity index (χ2n) is 5.61. The van der Waals surface area contributed by atoms with Crippen LogP contribution in [0.25, 0.3) is 0 Å². The minimum absolute atomic E-state index is 0.301. The molecule has 2 amide bonds. The van der Waals surface area contributed by atoms with Crippen LogP contribution in [0.4, 0.5) is 18.0 Å². The Kier molecular flexibility index (Phi) is 4.05. The number of hydrogen-bond donors (Lipinski definition) is 2. The highest BCUT2D eigenvalue weighted by Crippen LogP contribution is 2.31. The van der Waals surface area contributed by atoms with Gasteiger partial charge in [0.1, 0.15) is 0 Å². The molecule has 0 aromatic rings. The summed E-state index contributed by atoms with van der Waals surface area (Å²) in [5.74, 6) is -2.13. The van der Waals surface area contributed by atoms with E-state index in [4.69, 9.17) is 5.11 Å². The Bertz CT molecular complexity index is 431. The molecule has 0 radical (unpaired) electrons. The molecule has 2 fully saturated rings. The molecule has 1 atom stereocenters. The average molecular weight is 309 g/mol. The molecule has 1 saturated heterocycles. The SMILES string of the molecule is CC(NC(=O)N1CCN(C2CC2)CC1)(C(=O)O)C(F)(F)F. The first-order valence-corrected chi connectivity index (χ1v) is 6.76. The van der Waals surface area contributed by atoms with E-state index in [9.17, 15) is 22.8 Å². The summed E-state index contributed by atoms with van der Waals surface area (Å²) >= 11 is 0. The fourth-order valence-electron chi connectivity index (χ4n) is 2.27. The molecule has 0 aromatic carbocycles. The Morgan fingerprint density at radius 3 is 2.05 bits per heavy atom. The lowest BCUT2D eigenvalue weighted by molar-refractivity contribution is -0.203. The molecule has 1 aliphatic heterocycles. The van der Waals surface area contributed by atoms with E-state index in [1.165, 1.54) is 4.90 Å². The van der Waals surface area contributed by atoms with Crippen LogP contribution in [-0.2, 0) is 4.79 Å². The Morgan fingerprint density at radius 2 is 1.67 bits per heavy atom. The summed E-state index contributed by atoms with van der Waals surface area (Å²) in [7, 11) is 0. The first-order valence-electron chi connectivity index (χ1n) is 6.76. The zero-order valence-corrected chi connectivity index (χ0v) is 11.6. The van der Waals surface area contributed by atoms with Gasteiger partial charge in [0.2, 0.25) is 5.54 Å². The molecule has 1 unspecified atom stereocenters. The average Bonchev–Trinajstić information content (AvgIpc) is 3.21. The molecule has 1 saturated carbocycles. The molecule has 21 heavy (non-hydrogen) atoms. The van der Waals surface area contributed by atoms with E-state index in [0.717, 1.165) is 12.8 Å². The molecule has 0 aromatic heterocycles. The third-order valence-electron chi connectivity index (χ3n) is 4.02. The minimum atomic E-state index is -5.07. The number of amides is 2. The van der Waals surface area contributed by atoms with E-state index in [1.54, 1.807) is 5.32 Å². The van der Waals surface area contributed by atoms with Crippen LogP contribution in [0.5, 0.6) is 0 Å². The van der Waals surface area contributed by atoms with Crippen molar-refractivity contribution in [2.24, 2.45) is 0 Å². The topological polar surface area (TPSA) is 72.9 Å². The van der Waals surface area contributed by atoms with Crippen molar-refractivity contribution in [2.45, 2.75) is 37.5 Å². The Balaban J connectivity index is 1.95. The number of rotatable bonds is 3. The maximum atomic E-state index is 12.8. The summed E-state index contributed by atoms with van der Waals surface area (Å²) in [6.07, 6.45) is -2.82. The maximum absolute atomic E-state index is 12.8. The lowest BCUT2D eigenvalue weighted by atomic mass is 10.0. The normalized spacial score (nSPS) is 23.5. The van der Waals surface area contributed by atoms with Gasteiger partial charge >= 0.3 is 18.2 Å². The first-order chi connectivity index (χ1) is 9.65. The summed E-state index contributed by atoms with van der Waals surface area (Å²) in [6, 6.07) is -0.456. The molecule has 2 rings (SSSR count). The summed E-state index contributed by atoms with van der Waals surface area (Å²) in [6.45, 7) is 2.27. The molecule has 2 N–H and O–H groups in total. The molecular formula is C12H18F3N3O3. The Hall–Kier alpha value is -1.51. The van der Waals surface area contributed by atoms with Crippen LogP contribution < -0.4 is 5.32 Å². The number of alkyl halides is 3. The van der Waals surface area contributed by atoms with E-state index < -0.39 is 23.7 Å². The number of nitrogens with zero attached hydrogens (tertiary/aromatic N) is 2. The number of carboxylic acid groups (broad SMARTS) is 1. The van der Waals surface area contributed by atoms with Crippen molar-refractivity contribution in [3.8, 4) is 0 Å². The van der Waals surface area contributed by atoms with Gasteiger partial charge in [-0.05, 0) is 19.8 Å². The van der Waals surface area contributed by atoms with Crippen LogP contribution in [0.2, 0.25) is 0 Å². The fourth-order valence-corrected chi connectivity index (χ4v) is 2.27. The lowest BCUT2D eigenvalue weighted by Gasteiger charge is -2.37. The van der Waals surface area contributed by atoms with Crippen molar-refractivity contribution in [1.29, 1.82) is 0 Å². The van der Waals surface area contributed by atoms with Gasteiger partial charge in [-0.1, -0.05) is 0 Å². The summed E-state index contributed by atoms with van der Waals surface area (Å²) in [5.41, 5.74) is -3.28. The van der Waals surface area contributed by atoms with Crippen LogP contribution in [0.15, 0.2) is 0 Å². The maximum Gasteiger partial charge on any atom is 0.422 e. The number of carbonyl (C=O) groups is 2. The Morgan fingerprint density at radius 1 is 1.14 bits per heavy atom. The number of nitrogens with one attached hydrogen (secondary N) is 1. The second kappa shape index (κ2) is 5.36. The molecule has 9 heteroatoms. The highest BCUT2D eigenvalue weighted by Gasteiger charge is 2.59. The summed E-state index contributed by atoms with van der Waals surface area (Å²) < 4.78 is 38.5. The van der Waals surface area contributed by atoms with Crippen LogP contribution >= 0.6 is 0 Å². The van der Waals surface area contributed by atoms with Gasteiger partial charge in [-0.25, -0.2) is 9.59 Å². The van der Waals surface area contributed by atoms with E-state index in [2.05, 4.69) is 4.90 Å². The van der Waals surface area contributed by atoms with Crippen LogP contribution in [0.1, 0.15) is 19.8 Å². The molecule has 120 valence electrons. The second-order valence-corrected chi connectivity index (χ2v) is 5.61. The standard InChI is InChI=1S/C12H18F3N3O3/c1-11(9(19)20,12(13,14)15)16-10(21)18-6-4-17(5-7-18)8-2-3-8/h8H,2-7H2,1H3,(H,16,21)(H,19,20). The molecule has 2 aliphatic rings. The van der Waals surface area contributed by atoms with E-state index in [1.807, 2.05) is 0 Å². The van der Waals surface area contributed by atoms with Gasteiger partial charge in [0, 0.05) is 32.2 Å². The van der Waals surface area contributed by atoms with Crippen molar-refractivity contribution in [1.82, 2.24) is 15.1 Å².